The molecule has 2 aromatic rings. The molecular weight excluding hydrogens is 318 g/mol. The van der Waals surface area contributed by atoms with Gasteiger partial charge in [0.2, 0.25) is 0 Å². The maximum atomic E-state index is 9.83. The van der Waals surface area contributed by atoms with Gasteiger partial charge in [0.25, 0.3) is 0 Å². The topological polar surface area (TPSA) is 69.4 Å². The summed E-state index contributed by atoms with van der Waals surface area (Å²) in [6, 6.07) is 1.95. The van der Waals surface area contributed by atoms with Gasteiger partial charge in [0.05, 0.1) is 11.4 Å². The van der Waals surface area contributed by atoms with Crippen LogP contribution < -0.4 is 0 Å². The molecule has 23 heavy (non-hydrogen) atoms. The zero-order valence-corrected chi connectivity index (χ0v) is 14.1. The monoisotopic (exact) mass is 337 g/mol. The van der Waals surface area contributed by atoms with Crippen LogP contribution >= 0.6 is 11.6 Å². The van der Waals surface area contributed by atoms with Crippen molar-refractivity contribution in [2.45, 2.75) is 50.7 Å². The Morgan fingerprint density at radius 2 is 2.17 bits per heavy atom. The molecule has 124 valence electrons. The van der Waals surface area contributed by atoms with Crippen molar-refractivity contribution >= 4 is 22.6 Å². The quantitative estimate of drug-likeness (QED) is 0.853. The zero-order chi connectivity index (χ0) is 16.4. The van der Waals surface area contributed by atoms with E-state index >= 15 is 0 Å². The van der Waals surface area contributed by atoms with Crippen molar-refractivity contribution in [2.24, 2.45) is 5.92 Å². The average molecular weight is 338 g/mol. The summed E-state index contributed by atoms with van der Waals surface area (Å²) in [7, 11) is 0. The number of hydrogen-bond donors (Lipinski definition) is 1. The molecule has 1 N–H and O–H groups in total. The van der Waals surface area contributed by atoms with Crippen LogP contribution in [0.5, 0.6) is 0 Å². The third-order valence-corrected chi connectivity index (χ3v) is 5.47. The minimum Gasteiger partial charge on any atom is -0.396 e. The van der Waals surface area contributed by atoms with Crippen LogP contribution in [0.2, 0.25) is 5.15 Å². The Kier molecular flexibility index (Phi) is 3.26. The fourth-order valence-corrected chi connectivity index (χ4v) is 4.37. The Bertz CT molecular complexity index is 762. The van der Waals surface area contributed by atoms with E-state index in [4.69, 9.17) is 21.1 Å². The minimum absolute atomic E-state index is 0.00836. The van der Waals surface area contributed by atoms with E-state index in [9.17, 15) is 5.11 Å². The van der Waals surface area contributed by atoms with E-state index in [2.05, 4.69) is 14.5 Å². The van der Waals surface area contributed by atoms with Crippen molar-refractivity contribution in [1.82, 2.24) is 14.5 Å². The van der Waals surface area contributed by atoms with Gasteiger partial charge in [0.1, 0.15) is 28.8 Å². The predicted molar refractivity (Wildman–Crippen MR) is 85.2 cm³/mol. The Hall–Kier alpha value is -1.21. The minimum atomic E-state index is -0.666. The van der Waals surface area contributed by atoms with Gasteiger partial charge in [-0.2, -0.15) is 0 Å². The number of aliphatic hydroxyl groups excluding tert-OH is 1. The highest BCUT2D eigenvalue weighted by molar-refractivity contribution is 6.33. The number of nitrogens with zero attached hydrogens (tertiary/aromatic N) is 3. The van der Waals surface area contributed by atoms with E-state index in [1.165, 1.54) is 6.33 Å². The van der Waals surface area contributed by atoms with Crippen molar-refractivity contribution in [3.63, 3.8) is 0 Å². The zero-order valence-electron chi connectivity index (χ0n) is 13.4. The highest BCUT2D eigenvalue weighted by atomic mass is 35.5. The molecule has 0 aromatic carbocycles. The molecule has 2 aromatic heterocycles. The third kappa shape index (κ3) is 2.12. The normalized spacial score (nSPS) is 35.8. The van der Waals surface area contributed by atoms with E-state index < -0.39 is 11.4 Å². The second-order valence-electron chi connectivity index (χ2n) is 7.03. The molecule has 6 nitrogen and oxygen atoms in total. The number of ether oxygens (including phenoxy) is 2. The van der Waals surface area contributed by atoms with E-state index in [0.717, 1.165) is 17.5 Å². The van der Waals surface area contributed by atoms with Crippen molar-refractivity contribution in [3.05, 3.63) is 23.7 Å². The summed E-state index contributed by atoms with van der Waals surface area (Å²) in [6.45, 7) is 5.92. The summed E-state index contributed by atoms with van der Waals surface area (Å²) < 4.78 is 14.4. The first-order valence-electron chi connectivity index (χ1n) is 7.81. The molecule has 0 spiro atoms. The van der Waals surface area contributed by atoms with Crippen LogP contribution in [0.15, 0.2) is 18.6 Å². The molecule has 2 fully saturated rings. The van der Waals surface area contributed by atoms with Gasteiger partial charge >= 0.3 is 0 Å². The predicted octanol–water partition coefficient (Wildman–Crippen LogP) is 2.55. The Balaban J connectivity index is 1.81. The second-order valence-corrected chi connectivity index (χ2v) is 7.39. The lowest BCUT2D eigenvalue weighted by molar-refractivity contribution is -0.178. The van der Waals surface area contributed by atoms with E-state index in [-0.39, 0.29) is 24.7 Å². The fourth-order valence-electron chi connectivity index (χ4n) is 4.18. The number of fused-ring (bicyclic) bond motifs is 2. The van der Waals surface area contributed by atoms with Gasteiger partial charge in [0.15, 0.2) is 5.79 Å². The smallest absolute Gasteiger partial charge is 0.164 e. The molecule has 0 amide bonds. The maximum absolute atomic E-state index is 9.83. The summed E-state index contributed by atoms with van der Waals surface area (Å²) in [6.07, 6.45) is 4.04. The summed E-state index contributed by atoms with van der Waals surface area (Å²) in [4.78, 5) is 8.41. The molecule has 1 saturated heterocycles. The van der Waals surface area contributed by atoms with Crippen molar-refractivity contribution in [2.75, 3.05) is 6.61 Å². The van der Waals surface area contributed by atoms with Crippen LogP contribution in [0.3, 0.4) is 0 Å². The van der Waals surface area contributed by atoms with Crippen molar-refractivity contribution in [1.29, 1.82) is 0 Å². The average Bonchev–Trinajstić information content (AvgIpc) is 3.07. The highest BCUT2D eigenvalue weighted by Crippen LogP contribution is 2.54. The Labute approximate surface area is 139 Å². The molecule has 3 heterocycles. The molecule has 0 radical (unpaired) electrons. The highest BCUT2D eigenvalue weighted by Gasteiger charge is 2.62. The lowest BCUT2D eigenvalue weighted by atomic mass is 9.92. The first kappa shape index (κ1) is 15.3. The van der Waals surface area contributed by atoms with Gasteiger partial charge in [-0.1, -0.05) is 11.6 Å². The fraction of sp³-hybridized carbons (Fsp3) is 0.625. The van der Waals surface area contributed by atoms with Gasteiger partial charge < -0.3 is 19.1 Å². The molecule has 1 aliphatic carbocycles. The molecule has 4 atom stereocenters. The number of halogens is 1. The lowest BCUT2D eigenvalue weighted by Gasteiger charge is -2.29. The molecule has 4 rings (SSSR count). The molecule has 1 aliphatic heterocycles. The molecule has 2 aliphatic rings. The van der Waals surface area contributed by atoms with Gasteiger partial charge in [-0.15, -0.1) is 0 Å². The molecular formula is C16H20ClN3O3. The standard InChI is InChI=1S/C16H20ClN3O3/c1-15(2)22-12-11(6-9(7-21)16(12,3)23-15)20-5-4-10-13(17)18-8-19-14(10)20/h4-5,8-9,11-12,21H,6-7H2,1-3H3/t9-,11-,12+,16-/m1/s1. The number of rotatable bonds is 2. The molecule has 7 heteroatoms. The van der Waals surface area contributed by atoms with Crippen molar-refractivity contribution < 1.29 is 14.6 Å². The molecule has 0 unspecified atom stereocenters. The van der Waals surface area contributed by atoms with Gasteiger partial charge in [-0.25, -0.2) is 9.97 Å². The number of aliphatic hydroxyl groups is 1. The second kappa shape index (κ2) is 4.89. The van der Waals surface area contributed by atoms with E-state index in [0.29, 0.717) is 5.15 Å². The Morgan fingerprint density at radius 3 is 2.91 bits per heavy atom. The van der Waals surface area contributed by atoms with Crippen LogP contribution in [-0.2, 0) is 9.47 Å². The third-order valence-electron chi connectivity index (χ3n) is 5.17. The van der Waals surface area contributed by atoms with Crippen LogP contribution in [0.4, 0.5) is 0 Å². The first-order valence-corrected chi connectivity index (χ1v) is 8.19. The van der Waals surface area contributed by atoms with Gasteiger partial charge in [-0.3, -0.25) is 0 Å². The summed E-state index contributed by atoms with van der Waals surface area (Å²) >= 11 is 6.16. The Morgan fingerprint density at radius 1 is 1.39 bits per heavy atom. The maximum Gasteiger partial charge on any atom is 0.164 e. The van der Waals surface area contributed by atoms with Gasteiger partial charge in [0, 0.05) is 18.7 Å². The van der Waals surface area contributed by atoms with Crippen LogP contribution in [0.25, 0.3) is 11.0 Å². The van der Waals surface area contributed by atoms with Crippen LogP contribution in [-0.4, -0.2) is 43.7 Å². The summed E-state index contributed by atoms with van der Waals surface area (Å²) in [5.74, 6) is -0.657. The van der Waals surface area contributed by atoms with Crippen LogP contribution in [0, 0.1) is 5.92 Å². The molecule has 1 saturated carbocycles. The van der Waals surface area contributed by atoms with Gasteiger partial charge in [-0.05, 0) is 33.3 Å². The van der Waals surface area contributed by atoms with Crippen molar-refractivity contribution in [3.8, 4) is 0 Å². The number of hydrogen-bond acceptors (Lipinski definition) is 5. The van der Waals surface area contributed by atoms with E-state index in [1.807, 2.05) is 33.0 Å². The summed E-state index contributed by atoms with van der Waals surface area (Å²) in [5, 5.41) is 11.1. The van der Waals surface area contributed by atoms with Crippen LogP contribution in [0.1, 0.15) is 33.2 Å². The largest absolute Gasteiger partial charge is 0.396 e. The SMILES string of the molecule is CC1(C)O[C@H]2[C@H](n3ccc4c(Cl)ncnc43)C[C@H](CO)[C@@]2(C)O1. The number of aromatic nitrogens is 3. The summed E-state index contributed by atoms with van der Waals surface area (Å²) in [5.41, 5.74) is 0.264. The first-order chi connectivity index (χ1) is 10.9. The molecule has 0 bridgehead atoms. The lowest BCUT2D eigenvalue weighted by Crippen LogP contribution is -2.41. The van der Waals surface area contributed by atoms with E-state index in [1.54, 1.807) is 0 Å².